The van der Waals surface area contributed by atoms with Crippen molar-refractivity contribution in [2.75, 3.05) is 6.54 Å². The Hall–Kier alpha value is -1.09. The van der Waals surface area contributed by atoms with Crippen LogP contribution in [0.1, 0.15) is 52.0 Å². The second-order valence-corrected chi connectivity index (χ2v) is 6.20. The molecule has 0 aliphatic heterocycles. The van der Waals surface area contributed by atoms with E-state index in [1.54, 1.807) is 13.0 Å². The fourth-order valence-electron chi connectivity index (χ4n) is 3.53. The highest BCUT2D eigenvalue weighted by atomic mass is 19.1. The van der Waals surface area contributed by atoms with Gasteiger partial charge in [-0.05, 0) is 44.4 Å². The van der Waals surface area contributed by atoms with E-state index in [1.165, 1.54) is 6.07 Å². The zero-order valence-electron chi connectivity index (χ0n) is 13.7. The molecule has 1 aliphatic carbocycles. The number of nitrogens with one attached hydrogen (secondary N) is 1. The highest BCUT2D eigenvalue weighted by molar-refractivity contribution is 5.29. The van der Waals surface area contributed by atoms with Crippen LogP contribution in [0.15, 0.2) is 18.2 Å². The lowest BCUT2D eigenvalue weighted by atomic mass is 9.58. The van der Waals surface area contributed by atoms with E-state index in [4.69, 9.17) is 4.74 Å². The number of aryl methyl sites for hydroxylation is 1. The van der Waals surface area contributed by atoms with Gasteiger partial charge >= 0.3 is 0 Å². The quantitative estimate of drug-likeness (QED) is 0.801. The predicted molar refractivity (Wildman–Crippen MR) is 85.3 cm³/mol. The molecule has 1 fully saturated rings. The number of hydrogen-bond donors (Lipinski definition) is 1. The van der Waals surface area contributed by atoms with Gasteiger partial charge in [-0.3, -0.25) is 0 Å². The molecule has 0 heterocycles. The molecule has 0 spiro atoms. The molecule has 1 N–H and O–H groups in total. The molecule has 2 nitrogen and oxygen atoms in total. The number of rotatable bonds is 7. The van der Waals surface area contributed by atoms with Crippen LogP contribution in [0, 0.1) is 18.2 Å². The molecule has 1 aliphatic rings. The Morgan fingerprint density at radius 3 is 2.57 bits per heavy atom. The summed E-state index contributed by atoms with van der Waals surface area (Å²) in [5.41, 5.74) is 0.840. The maximum absolute atomic E-state index is 13.7. The lowest BCUT2D eigenvalue weighted by Gasteiger charge is -2.55. The summed E-state index contributed by atoms with van der Waals surface area (Å²) in [4.78, 5) is 0. The van der Waals surface area contributed by atoms with Crippen LogP contribution in [0.5, 0.6) is 5.75 Å². The van der Waals surface area contributed by atoms with Crippen molar-refractivity contribution >= 4 is 0 Å². The van der Waals surface area contributed by atoms with E-state index in [1.807, 2.05) is 6.07 Å². The Kier molecular flexibility index (Phi) is 5.26. The third-order valence-corrected chi connectivity index (χ3v) is 5.16. The monoisotopic (exact) mass is 293 g/mol. The van der Waals surface area contributed by atoms with Crippen LogP contribution in [0.4, 0.5) is 4.39 Å². The van der Waals surface area contributed by atoms with Crippen molar-refractivity contribution in [2.45, 2.75) is 65.5 Å². The van der Waals surface area contributed by atoms with E-state index >= 15 is 0 Å². The Bertz CT molecular complexity index is 470. The van der Waals surface area contributed by atoms with Crippen LogP contribution >= 0.6 is 0 Å². The van der Waals surface area contributed by atoms with Gasteiger partial charge in [0, 0.05) is 23.9 Å². The third-order valence-electron chi connectivity index (χ3n) is 5.16. The van der Waals surface area contributed by atoms with Crippen molar-refractivity contribution in [3.05, 3.63) is 29.6 Å². The van der Waals surface area contributed by atoms with Crippen molar-refractivity contribution in [1.29, 1.82) is 0 Å². The summed E-state index contributed by atoms with van der Waals surface area (Å²) >= 11 is 0. The summed E-state index contributed by atoms with van der Waals surface area (Å²) in [5, 5.41) is 3.64. The second-order valence-electron chi connectivity index (χ2n) is 6.20. The largest absolute Gasteiger partial charge is 0.490 e. The summed E-state index contributed by atoms with van der Waals surface area (Å²) in [6, 6.07) is 5.70. The first kappa shape index (κ1) is 16.3. The van der Waals surface area contributed by atoms with Crippen molar-refractivity contribution in [1.82, 2.24) is 5.32 Å². The van der Waals surface area contributed by atoms with Crippen molar-refractivity contribution in [3.8, 4) is 5.75 Å². The minimum Gasteiger partial charge on any atom is -0.490 e. The molecule has 118 valence electrons. The lowest BCUT2D eigenvalue weighted by Crippen LogP contribution is -2.64. The van der Waals surface area contributed by atoms with Crippen LogP contribution < -0.4 is 10.1 Å². The highest BCUT2D eigenvalue weighted by Crippen LogP contribution is 2.49. The molecule has 0 radical (unpaired) electrons. The van der Waals surface area contributed by atoms with Crippen LogP contribution in [0.3, 0.4) is 0 Å². The van der Waals surface area contributed by atoms with Gasteiger partial charge in [-0.1, -0.05) is 26.8 Å². The standard InChI is InChI=1S/C18H28FNO/c1-5-10-20-16-12-17(18(16,6-2)7-3)21-14-9-8-13(4)15(19)11-14/h8-9,11,16-17,20H,5-7,10,12H2,1-4H3. The zero-order chi connectivity index (χ0) is 15.5. The molecule has 0 saturated heterocycles. The van der Waals surface area contributed by atoms with E-state index < -0.39 is 0 Å². The molecule has 1 aromatic carbocycles. The first-order chi connectivity index (χ1) is 10.1. The number of benzene rings is 1. The third kappa shape index (κ3) is 3.08. The Morgan fingerprint density at radius 2 is 2.00 bits per heavy atom. The second kappa shape index (κ2) is 6.78. The lowest BCUT2D eigenvalue weighted by molar-refractivity contribution is -0.0859. The highest BCUT2D eigenvalue weighted by Gasteiger charge is 2.53. The number of ether oxygens (including phenoxy) is 1. The number of halogens is 1. The van der Waals surface area contributed by atoms with Gasteiger partial charge in [0.15, 0.2) is 0 Å². The SMILES string of the molecule is CCCNC1CC(Oc2ccc(C)c(F)c2)C1(CC)CC. The molecule has 0 amide bonds. The fourth-order valence-corrected chi connectivity index (χ4v) is 3.53. The maximum atomic E-state index is 13.7. The van der Waals surface area contributed by atoms with Gasteiger partial charge in [0.25, 0.3) is 0 Å². The van der Waals surface area contributed by atoms with E-state index in [2.05, 4.69) is 26.1 Å². The first-order valence-electron chi connectivity index (χ1n) is 8.23. The zero-order valence-corrected chi connectivity index (χ0v) is 13.7. The van der Waals surface area contributed by atoms with E-state index in [-0.39, 0.29) is 17.3 Å². The molecule has 2 atom stereocenters. The van der Waals surface area contributed by atoms with Crippen molar-refractivity contribution in [3.63, 3.8) is 0 Å². The first-order valence-corrected chi connectivity index (χ1v) is 8.23. The van der Waals surface area contributed by atoms with Gasteiger partial charge in [-0.15, -0.1) is 0 Å². The molecule has 3 heteroatoms. The summed E-state index contributed by atoms with van der Waals surface area (Å²) in [6.45, 7) is 9.48. The fraction of sp³-hybridized carbons (Fsp3) is 0.667. The van der Waals surface area contributed by atoms with Crippen LogP contribution in [-0.2, 0) is 0 Å². The summed E-state index contributed by atoms with van der Waals surface area (Å²) in [5.74, 6) is 0.467. The van der Waals surface area contributed by atoms with Crippen LogP contribution in [-0.4, -0.2) is 18.7 Å². The molecule has 1 saturated carbocycles. The topological polar surface area (TPSA) is 21.3 Å². The van der Waals surface area contributed by atoms with Crippen LogP contribution in [0.25, 0.3) is 0 Å². The van der Waals surface area contributed by atoms with Gasteiger partial charge in [-0.25, -0.2) is 4.39 Å². The average molecular weight is 293 g/mol. The Balaban J connectivity index is 2.07. The summed E-state index contributed by atoms with van der Waals surface area (Å²) < 4.78 is 19.8. The van der Waals surface area contributed by atoms with Crippen LogP contribution in [0.2, 0.25) is 0 Å². The Labute approximate surface area is 128 Å². The van der Waals surface area contributed by atoms with Gasteiger partial charge in [0.2, 0.25) is 0 Å². The van der Waals surface area contributed by atoms with Gasteiger partial charge in [-0.2, -0.15) is 0 Å². The van der Waals surface area contributed by atoms with Crippen molar-refractivity contribution in [2.24, 2.45) is 5.41 Å². The minimum atomic E-state index is -0.189. The molecular formula is C18H28FNO. The summed E-state index contributed by atoms with van der Waals surface area (Å²) in [7, 11) is 0. The molecule has 21 heavy (non-hydrogen) atoms. The normalized spacial score (nSPS) is 23.7. The van der Waals surface area contributed by atoms with Gasteiger partial charge < -0.3 is 10.1 Å². The molecule has 2 unspecified atom stereocenters. The van der Waals surface area contributed by atoms with Crippen molar-refractivity contribution < 1.29 is 9.13 Å². The van der Waals surface area contributed by atoms with Gasteiger partial charge in [0.1, 0.15) is 17.7 Å². The Morgan fingerprint density at radius 1 is 1.29 bits per heavy atom. The smallest absolute Gasteiger partial charge is 0.129 e. The predicted octanol–water partition coefficient (Wildman–Crippen LogP) is 4.46. The molecule has 0 bridgehead atoms. The average Bonchev–Trinajstić information content (AvgIpc) is 2.47. The van der Waals surface area contributed by atoms with Gasteiger partial charge in [0.05, 0.1) is 0 Å². The molecule has 2 rings (SSSR count). The molecule has 1 aromatic rings. The molecular weight excluding hydrogens is 265 g/mol. The van der Waals surface area contributed by atoms with E-state index in [0.29, 0.717) is 17.4 Å². The minimum absolute atomic E-state index is 0.177. The molecule has 0 aromatic heterocycles. The maximum Gasteiger partial charge on any atom is 0.129 e. The summed E-state index contributed by atoms with van der Waals surface area (Å²) in [6.07, 6.45) is 4.52. The van der Waals surface area contributed by atoms with E-state index in [9.17, 15) is 4.39 Å². The van der Waals surface area contributed by atoms with E-state index in [0.717, 1.165) is 32.2 Å². The number of hydrogen-bond acceptors (Lipinski definition) is 2.